The fourth-order valence-electron chi connectivity index (χ4n) is 6.49. The van der Waals surface area contributed by atoms with E-state index >= 15 is 8.78 Å². The van der Waals surface area contributed by atoms with Gasteiger partial charge in [0.05, 0.1) is 0 Å². The molecule has 3 aliphatic carbocycles. The van der Waals surface area contributed by atoms with Gasteiger partial charge in [-0.2, -0.15) is 34.2 Å². The molecule has 0 amide bonds. The fraction of sp³-hybridized carbons (Fsp3) is 0.769. The number of nitrogens with zero attached hydrogens (tertiary/aromatic N) is 1. The van der Waals surface area contributed by atoms with Crippen molar-refractivity contribution in [1.82, 2.24) is 3.87 Å². The molecule has 1 aromatic carbocycles. The first-order valence-corrected chi connectivity index (χ1v) is 18.7. The summed E-state index contributed by atoms with van der Waals surface area (Å²) in [4.78, 5) is 0. The number of rotatable bonds is 9. The van der Waals surface area contributed by atoms with E-state index in [0.717, 1.165) is 76.2 Å². The number of hydrogen-bond donors (Lipinski definition) is 0. The monoisotopic (exact) mass is 680 g/mol. The van der Waals surface area contributed by atoms with Gasteiger partial charge < -0.3 is 9.39 Å². The van der Waals surface area contributed by atoms with Gasteiger partial charge >= 0.3 is 40.3 Å². The van der Waals surface area contributed by atoms with Crippen LogP contribution in [0.3, 0.4) is 0 Å². The summed E-state index contributed by atoms with van der Waals surface area (Å²) in [5.74, 6) is -1.02. The molecular formula is C26H35F5NO8S3-. The Hall–Kier alpha value is -1.56. The van der Waals surface area contributed by atoms with Crippen LogP contribution in [-0.4, -0.2) is 39.2 Å². The first-order chi connectivity index (χ1) is 19.9. The van der Waals surface area contributed by atoms with E-state index in [9.17, 15) is 43.6 Å². The summed E-state index contributed by atoms with van der Waals surface area (Å²) in [5, 5.41) is 11.7. The average Bonchev–Trinajstić information content (AvgIpc) is 2.97. The van der Waals surface area contributed by atoms with Crippen LogP contribution in [-0.2, 0) is 30.2 Å². The van der Waals surface area contributed by atoms with Gasteiger partial charge in [-0.25, -0.2) is 16.8 Å². The second-order valence-electron chi connectivity index (χ2n) is 11.7. The van der Waals surface area contributed by atoms with Gasteiger partial charge in [0.1, 0.15) is 5.75 Å². The van der Waals surface area contributed by atoms with Crippen molar-refractivity contribution in [1.29, 1.82) is 0 Å². The van der Waals surface area contributed by atoms with Crippen LogP contribution >= 0.6 is 0 Å². The molecule has 0 bridgehead atoms. The van der Waals surface area contributed by atoms with Crippen LogP contribution in [0.1, 0.15) is 131 Å². The summed E-state index contributed by atoms with van der Waals surface area (Å²) in [7, 11) is -21.7. The minimum atomic E-state index is -7.53. The summed E-state index contributed by atoms with van der Waals surface area (Å²) in [6.07, 6.45) is 11.9. The molecular weight excluding hydrogens is 645 g/mol. The number of benzene rings is 1. The molecule has 1 aromatic rings. The van der Waals surface area contributed by atoms with Crippen molar-refractivity contribution in [2.75, 3.05) is 0 Å². The maximum absolute atomic E-state index is 15.2. The lowest BCUT2D eigenvalue weighted by atomic mass is 9.75. The zero-order chi connectivity index (χ0) is 31.8. The van der Waals surface area contributed by atoms with Crippen molar-refractivity contribution < 1.29 is 51.4 Å². The first kappa shape index (κ1) is 34.3. The van der Waals surface area contributed by atoms with Crippen molar-refractivity contribution in [3.05, 3.63) is 34.0 Å². The number of alkyl halides is 5. The Morgan fingerprint density at radius 1 is 0.628 bits per heavy atom. The lowest BCUT2D eigenvalue weighted by Gasteiger charge is -2.33. The van der Waals surface area contributed by atoms with E-state index in [1.165, 1.54) is 0 Å². The standard InChI is InChI=1S/C26H35F5NO8S3/c27-25(28,29)41(34,35)32(33)42(36,37)26(30,31)43(38,39)40-24-22(19-12-6-2-7-13-19)16-21(18-10-4-1-5-11-18)17-23(24)20-14-8-3-9-15-20/h16-20H,1-15H2/q-1. The summed E-state index contributed by atoms with van der Waals surface area (Å²) >= 11 is 0. The maximum atomic E-state index is 15.2. The van der Waals surface area contributed by atoms with Crippen LogP contribution in [0.25, 0.3) is 0 Å². The van der Waals surface area contributed by atoms with E-state index < -0.39 is 49.9 Å². The fourth-order valence-corrected chi connectivity index (χ4v) is 10.4. The second kappa shape index (κ2) is 12.7. The molecule has 0 spiro atoms. The number of hydrogen-bond acceptors (Lipinski definition) is 8. The van der Waals surface area contributed by atoms with Crippen molar-refractivity contribution in [2.24, 2.45) is 0 Å². The van der Waals surface area contributed by atoms with Crippen molar-refractivity contribution in [3.63, 3.8) is 0 Å². The van der Waals surface area contributed by atoms with Crippen LogP contribution < -0.4 is 4.18 Å². The summed E-state index contributed by atoms with van der Waals surface area (Å²) in [6, 6.07) is 3.42. The second-order valence-corrected chi connectivity index (χ2v) is 17.3. The van der Waals surface area contributed by atoms with Gasteiger partial charge in [0.15, 0.2) is 0 Å². The Bertz CT molecular complexity index is 1440. The van der Waals surface area contributed by atoms with E-state index in [1.54, 1.807) is 12.1 Å². The molecule has 0 atom stereocenters. The molecule has 0 aromatic heterocycles. The van der Waals surface area contributed by atoms with Crippen molar-refractivity contribution in [3.8, 4) is 5.75 Å². The molecule has 3 saturated carbocycles. The smallest absolute Gasteiger partial charge is 0.511 e. The van der Waals surface area contributed by atoms with E-state index in [-0.39, 0.29) is 17.8 Å². The molecule has 9 nitrogen and oxygen atoms in total. The topological polar surface area (TPSA) is 138 Å². The van der Waals surface area contributed by atoms with Gasteiger partial charge in [0.2, 0.25) is 0 Å². The highest BCUT2D eigenvalue weighted by molar-refractivity contribution is 8.12. The molecule has 0 radical (unpaired) electrons. The Balaban J connectivity index is 1.86. The molecule has 4 rings (SSSR count). The third-order valence-corrected chi connectivity index (χ3v) is 14.2. The van der Waals surface area contributed by atoms with Crippen LogP contribution in [0.15, 0.2) is 12.1 Å². The molecule has 0 aliphatic heterocycles. The Morgan fingerprint density at radius 2 is 1.00 bits per heavy atom. The zero-order valence-electron chi connectivity index (χ0n) is 23.3. The van der Waals surface area contributed by atoms with Gasteiger partial charge in [-0.3, -0.25) is 0 Å². The van der Waals surface area contributed by atoms with Gasteiger partial charge in [0.25, 0.3) is 0 Å². The lowest BCUT2D eigenvalue weighted by molar-refractivity contribution is -0.0463. The Morgan fingerprint density at radius 3 is 1.37 bits per heavy atom. The minimum absolute atomic E-state index is 0.132. The van der Waals surface area contributed by atoms with Gasteiger partial charge in [-0.15, -0.1) is 0 Å². The van der Waals surface area contributed by atoms with Gasteiger partial charge in [-0.05, 0) is 73.0 Å². The third kappa shape index (κ3) is 6.70. The maximum Gasteiger partial charge on any atom is 0.511 e. The van der Waals surface area contributed by atoms with Gasteiger partial charge in [0, 0.05) is 0 Å². The normalized spacial score (nSPS) is 21.3. The highest BCUT2D eigenvalue weighted by Crippen LogP contribution is 2.49. The van der Waals surface area contributed by atoms with E-state index in [2.05, 4.69) is 0 Å². The van der Waals surface area contributed by atoms with Crippen LogP contribution in [0, 0.1) is 5.21 Å². The molecule has 0 heterocycles. The molecule has 17 heteroatoms. The summed E-state index contributed by atoms with van der Waals surface area (Å²) in [6.45, 7) is 0. The number of halogens is 5. The molecule has 3 fully saturated rings. The Kier molecular flexibility index (Phi) is 10.1. The predicted molar refractivity (Wildman–Crippen MR) is 148 cm³/mol. The molecule has 0 unspecified atom stereocenters. The molecule has 3 aliphatic rings. The largest absolute Gasteiger partial charge is 0.758 e. The molecule has 43 heavy (non-hydrogen) atoms. The molecule has 246 valence electrons. The first-order valence-electron chi connectivity index (χ1n) is 14.4. The van der Waals surface area contributed by atoms with Gasteiger partial charge in [-0.1, -0.05) is 69.9 Å². The molecule has 0 N–H and O–H groups in total. The highest BCUT2D eigenvalue weighted by atomic mass is 32.3. The summed E-state index contributed by atoms with van der Waals surface area (Å²) < 4.78 is 138. The third-order valence-electron chi connectivity index (χ3n) is 8.80. The lowest BCUT2D eigenvalue weighted by Crippen LogP contribution is -2.51. The van der Waals surface area contributed by atoms with E-state index in [1.807, 2.05) is 0 Å². The van der Waals surface area contributed by atoms with Crippen molar-refractivity contribution >= 4 is 30.2 Å². The Labute approximate surface area is 249 Å². The predicted octanol–water partition coefficient (Wildman–Crippen LogP) is 7.07. The molecule has 0 saturated heterocycles. The van der Waals surface area contributed by atoms with Crippen LogP contribution in [0.5, 0.6) is 5.75 Å². The van der Waals surface area contributed by atoms with Crippen molar-refractivity contribution in [2.45, 2.75) is 124 Å². The van der Waals surface area contributed by atoms with Crippen LogP contribution in [0.2, 0.25) is 0 Å². The van der Waals surface area contributed by atoms with E-state index in [4.69, 9.17) is 4.18 Å². The minimum Gasteiger partial charge on any atom is -0.758 e. The zero-order valence-corrected chi connectivity index (χ0v) is 25.8. The van der Waals surface area contributed by atoms with Crippen LogP contribution in [0.4, 0.5) is 22.0 Å². The number of sulfonamides is 2. The SMILES string of the molecule is O=S(=O)(Oc1c(C2CCCCC2)cc(C2CCCCC2)cc1C1CCCCC1)C(F)(F)S(=O)(=O)N([O-])S(=O)(=O)C(F)(F)F. The van der Waals surface area contributed by atoms with E-state index in [0.29, 0.717) is 36.8 Å². The highest BCUT2D eigenvalue weighted by Gasteiger charge is 2.65. The average molecular weight is 681 g/mol. The summed E-state index contributed by atoms with van der Waals surface area (Å²) in [5.41, 5.74) is -5.12. The quantitative estimate of drug-likeness (QED) is 0.153.